The number of nitrogens with zero attached hydrogens (tertiary/aromatic N) is 1. The fraction of sp³-hybridized carbons (Fsp3) is 0.684. The highest BCUT2D eigenvalue weighted by molar-refractivity contribution is 5.22. The zero-order valence-corrected chi connectivity index (χ0v) is 13.5. The van der Waals surface area contributed by atoms with Crippen LogP contribution in [0, 0.1) is 12.8 Å². The van der Waals surface area contributed by atoms with Gasteiger partial charge in [0.25, 0.3) is 0 Å². The van der Waals surface area contributed by atoms with E-state index in [0.29, 0.717) is 6.04 Å². The number of likely N-dealkylation sites (tertiary alicyclic amines) is 1. The fourth-order valence-corrected chi connectivity index (χ4v) is 3.98. The third-order valence-corrected chi connectivity index (χ3v) is 5.16. The van der Waals surface area contributed by atoms with Crippen LogP contribution in [0.1, 0.15) is 49.7 Å². The van der Waals surface area contributed by atoms with Crippen molar-refractivity contribution in [3.8, 4) is 0 Å². The Kier molecular flexibility index (Phi) is 5.32. The van der Waals surface area contributed by atoms with Gasteiger partial charge in [0.1, 0.15) is 0 Å². The molecule has 2 nitrogen and oxygen atoms in total. The standard InChI is InChI=1S/C19H30N2/c1-16-6-4-9-18(12-16)14-21-11-5-10-19(15-21)20-13-17-7-2-3-8-17/h4,6,9,12,17,19-20H,2-3,5,7-8,10-11,13-15H2,1H3. The Balaban J connectivity index is 1.46. The monoisotopic (exact) mass is 286 g/mol. The Bertz CT molecular complexity index is 437. The number of piperidine rings is 1. The summed E-state index contributed by atoms with van der Waals surface area (Å²) in [6, 6.07) is 9.68. The van der Waals surface area contributed by atoms with Crippen molar-refractivity contribution >= 4 is 0 Å². The molecule has 0 radical (unpaired) electrons. The van der Waals surface area contributed by atoms with Gasteiger partial charge in [0.05, 0.1) is 0 Å². The molecule has 1 atom stereocenters. The minimum absolute atomic E-state index is 0.712. The molecule has 1 saturated carbocycles. The highest BCUT2D eigenvalue weighted by Crippen LogP contribution is 2.24. The van der Waals surface area contributed by atoms with Gasteiger partial charge in [-0.15, -0.1) is 0 Å². The van der Waals surface area contributed by atoms with Crippen LogP contribution in [-0.4, -0.2) is 30.6 Å². The first kappa shape index (κ1) is 15.1. The van der Waals surface area contributed by atoms with Crippen LogP contribution in [-0.2, 0) is 6.54 Å². The van der Waals surface area contributed by atoms with E-state index in [1.165, 1.54) is 69.3 Å². The zero-order chi connectivity index (χ0) is 14.5. The van der Waals surface area contributed by atoms with E-state index in [0.717, 1.165) is 12.5 Å². The van der Waals surface area contributed by atoms with E-state index in [9.17, 15) is 0 Å². The summed E-state index contributed by atoms with van der Waals surface area (Å²) in [4.78, 5) is 2.63. The summed E-state index contributed by atoms with van der Waals surface area (Å²) >= 11 is 0. The Morgan fingerprint density at radius 3 is 2.81 bits per heavy atom. The normalized spacial score (nSPS) is 24.5. The van der Waals surface area contributed by atoms with Crippen LogP contribution in [0.3, 0.4) is 0 Å². The number of aryl methyl sites for hydroxylation is 1. The Morgan fingerprint density at radius 1 is 1.14 bits per heavy atom. The van der Waals surface area contributed by atoms with Gasteiger partial charge in [-0.3, -0.25) is 4.90 Å². The molecule has 0 spiro atoms. The summed E-state index contributed by atoms with van der Waals surface area (Å²) in [5, 5.41) is 3.85. The molecule has 116 valence electrons. The van der Waals surface area contributed by atoms with E-state index >= 15 is 0 Å². The van der Waals surface area contributed by atoms with Crippen molar-refractivity contribution in [2.24, 2.45) is 5.92 Å². The van der Waals surface area contributed by atoms with Crippen LogP contribution in [0.4, 0.5) is 0 Å². The van der Waals surface area contributed by atoms with E-state index in [1.54, 1.807) is 0 Å². The van der Waals surface area contributed by atoms with E-state index in [-0.39, 0.29) is 0 Å². The summed E-state index contributed by atoms with van der Waals surface area (Å²) in [6.07, 6.45) is 8.51. The zero-order valence-electron chi connectivity index (χ0n) is 13.5. The van der Waals surface area contributed by atoms with E-state index in [1.807, 2.05) is 0 Å². The smallest absolute Gasteiger partial charge is 0.0234 e. The maximum atomic E-state index is 3.85. The van der Waals surface area contributed by atoms with Gasteiger partial charge in [0.2, 0.25) is 0 Å². The molecule has 1 aliphatic carbocycles. The molecule has 2 heteroatoms. The van der Waals surface area contributed by atoms with Crippen molar-refractivity contribution in [3.05, 3.63) is 35.4 Å². The van der Waals surface area contributed by atoms with E-state index in [4.69, 9.17) is 0 Å². The molecule has 21 heavy (non-hydrogen) atoms. The molecule has 2 aliphatic rings. The molecule has 1 aromatic carbocycles. The lowest BCUT2D eigenvalue weighted by Crippen LogP contribution is -2.46. The average molecular weight is 286 g/mol. The average Bonchev–Trinajstić information content (AvgIpc) is 2.99. The van der Waals surface area contributed by atoms with Crippen molar-refractivity contribution < 1.29 is 0 Å². The number of benzene rings is 1. The molecular weight excluding hydrogens is 256 g/mol. The molecular formula is C19H30N2. The molecule has 1 N–H and O–H groups in total. The molecule has 2 fully saturated rings. The van der Waals surface area contributed by atoms with Gasteiger partial charge in [-0.2, -0.15) is 0 Å². The minimum Gasteiger partial charge on any atom is -0.312 e. The number of rotatable bonds is 5. The van der Waals surface area contributed by atoms with Crippen LogP contribution < -0.4 is 5.32 Å². The van der Waals surface area contributed by atoms with Gasteiger partial charge in [0.15, 0.2) is 0 Å². The summed E-state index contributed by atoms with van der Waals surface area (Å²) in [5.74, 6) is 0.956. The Labute approximate surface area is 129 Å². The second kappa shape index (κ2) is 7.42. The van der Waals surface area contributed by atoms with Gasteiger partial charge in [-0.1, -0.05) is 42.7 Å². The van der Waals surface area contributed by atoms with Crippen molar-refractivity contribution in [2.45, 2.75) is 58.0 Å². The summed E-state index contributed by atoms with van der Waals surface area (Å²) < 4.78 is 0. The van der Waals surface area contributed by atoms with E-state index < -0.39 is 0 Å². The first-order valence-electron chi connectivity index (χ1n) is 8.81. The third kappa shape index (κ3) is 4.55. The Hall–Kier alpha value is -0.860. The van der Waals surface area contributed by atoms with Gasteiger partial charge in [-0.05, 0) is 57.2 Å². The molecule has 1 saturated heterocycles. The quantitative estimate of drug-likeness (QED) is 0.887. The minimum atomic E-state index is 0.712. The first-order valence-corrected chi connectivity index (χ1v) is 8.81. The van der Waals surface area contributed by atoms with Crippen LogP contribution in [0.5, 0.6) is 0 Å². The molecule has 0 bridgehead atoms. The molecule has 1 heterocycles. The first-order chi connectivity index (χ1) is 10.3. The van der Waals surface area contributed by atoms with Crippen molar-refractivity contribution in [1.29, 1.82) is 0 Å². The largest absolute Gasteiger partial charge is 0.312 e. The van der Waals surface area contributed by atoms with Crippen LogP contribution in [0.15, 0.2) is 24.3 Å². The third-order valence-electron chi connectivity index (χ3n) is 5.16. The van der Waals surface area contributed by atoms with Gasteiger partial charge in [0, 0.05) is 19.1 Å². The molecule has 3 rings (SSSR count). The lowest BCUT2D eigenvalue weighted by atomic mass is 10.0. The predicted molar refractivity (Wildman–Crippen MR) is 89.4 cm³/mol. The topological polar surface area (TPSA) is 15.3 Å². The number of hydrogen-bond donors (Lipinski definition) is 1. The second-order valence-corrected chi connectivity index (χ2v) is 7.12. The SMILES string of the molecule is Cc1cccc(CN2CCCC(NCC3CCCC3)C2)c1. The summed E-state index contributed by atoms with van der Waals surface area (Å²) in [7, 11) is 0. The summed E-state index contributed by atoms with van der Waals surface area (Å²) in [5.41, 5.74) is 2.84. The maximum absolute atomic E-state index is 3.85. The Morgan fingerprint density at radius 2 is 2.00 bits per heavy atom. The number of nitrogens with one attached hydrogen (secondary N) is 1. The highest BCUT2D eigenvalue weighted by Gasteiger charge is 2.21. The molecule has 1 aromatic rings. The summed E-state index contributed by atoms with van der Waals surface area (Å²) in [6.45, 7) is 7.04. The maximum Gasteiger partial charge on any atom is 0.0234 e. The van der Waals surface area contributed by atoms with Crippen molar-refractivity contribution in [2.75, 3.05) is 19.6 Å². The molecule has 0 amide bonds. The predicted octanol–water partition coefficient (Wildman–Crippen LogP) is 3.74. The second-order valence-electron chi connectivity index (χ2n) is 7.12. The van der Waals surface area contributed by atoms with Crippen LogP contribution in [0.25, 0.3) is 0 Å². The highest BCUT2D eigenvalue weighted by atomic mass is 15.2. The van der Waals surface area contributed by atoms with Crippen LogP contribution >= 0.6 is 0 Å². The van der Waals surface area contributed by atoms with Gasteiger partial charge >= 0.3 is 0 Å². The van der Waals surface area contributed by atoms with E-state index in [2.05, 4.69) is 41.4 Å². The molecule has 1 unspecified atom stereocenters. The lowest BCUT2D eigenvalue weighted by molar-refractivity contribution is 0.180. The van der Waals surface area contributed by atoms with Gasteiger partial charge in [-0.25, -0.2) is 0 Å². The number of hydrogen-bond acceptors (Lipinski definition) is 2. The lowest BCUT2D eigenvalue weighted by Gasteiger charge is -2.34. The van der Waals surface area contributed by atoms with Crippen molar-refractivity contribution in [3.63, 3.8) is 0 Å². The fourth-order valence-electron chi connectivity index (χ4n) is 3.98. The molecule has 0 aromatic heterocycles. The molecule has 1 aliphatic heterocycles. The van der Waals surface area contributed by atoms with Crippen LogP contribution in [0.2, 0.25) is 0 Å². The van der Waals surface area contributed by atoms with Crippen molar-refractivity contribution in [1.82, 2.24) is 10.2 Å². The van der Waals surface area contributed by atoms with Gasteiger partial charge < -0.3 is 5.32 Å².